The lowest BCUT2D eigenvalue weighted by atomic mass is 9.91. The molecule has 1 aromatic carbocycles. The molecule has 2 heterocycles. The molecular formula is C25H34N8O2. The summed E-state index contributed by atoms with van der Waals surface area (Å²) >= 11 is 0. The maximum atomic E-state index is 12.1. The summed E-state index contributed by atoms with van der Waals surface area (Å²) in [4.78, 5) is 16.7. The van der Waals surface area contributed by atoms with Crippen LogP contribution in [-0.4, -0.2) is 48.9 Å². The highest BCUT2D eigenvalue weighted by Crippen LogP contribution is 2.35. The number of fused-ring (bicyclic) bond motifs is 1. The van der Waals surface area contributed by atoms with Gasteiger partial charge in [-0.25, -0.2) is 0 Å². The summed E-state index contributed by atoms with van der Waals surface area (Å²) < 4.78 is 2.30. The summed E-state index contributed by atoms with van der Waals surface area (Å²) in [5.74, 6) is -0.113. The van der Waals surface area contributed by atoms with E-state index in [9.17, 15) is 9.90 Å². The molecule has 0 radical (unpaired) electrons. The first kappa shape index (κ1) is 23.5. The van der Waals surface area contributed by atoms with Crippen LogP contribution in [0.5, 0.6) is 0 Å². The van der Waals surface area contributed by atoms with E-state index >= 15 is 0 Å². The van der Waals surface area contributed by atoms with Crippen LogP contribution in [0, 0.1) is 6.92 Å². The smallest absolute Gasteiger partial charge is 0.273 e. The minimum absolute atomic E-state index is 0.0150. The van der Waals surface area contributed by atoms with Gasteiger partial charge >= 0.3 is 0 Å². The fourth-order valence-electron chi connectivity index (χ4n) is 5.43. The van der Waals surface area contributed by atoms with Crippen LogP contribution in [0.2, 0.25) is 0 Å². The molecular weight excluding hydrogens is 444 g/mol. The summed E-state index contributed by atoms with van der Waals surface area (Å²) in [5, 5.41) is 25.7. The van der Waals surface area contributed by atoms with Crippen molar-refractivity contribution in [1.82, 2.24) is 19.7 Å². The van der Waals surface area contributed by atoms with Gasteiger partial charge in [-0.1, -0.05) is 12.8 Å². The number of anilines is 3. The van der Waals surface area contributed by atoms with Gasteiger partial charge in [0.2, 0.25) is 5.95 Å². The van der Waals surface area contributed by atoms with Crippen molar-refractivity contribution in [2.24, 2.45) is 11.5 Å². The Kier molecular flexibility index (Phi) is 6.57. The third-order valence-electron chi connectivity index (χ3n) is 7.35. The van der Waals surface area contributed by atoms with E-state index in [0.717, 1.165) is 73.5 Å². The number of carbonyl (C=O) groups is 1. The van der Waals surface area contributed by atoms with Crippen molar-refractivity contribution in [2.75, 3.05) is 10.6 Å². The van der Waals surface area contributed by atoms with Gasteiger partial charge in [-0.15, -0.1) is 10.2 Å². The summed E-state index contributed by atoms with van der Waals surface area (Å²) in [7, 11) is 0. The quantitative estimate of drug-likeness (QED) is 0.362. The van der Waals surface area contributed by atoms with Crippen LogP contribution in [0.4, 0.5) is 17.5 Å². The SMILES string of the molecule is Cc1cc(Nc2nc(N[C@@H]3CCCC[C@@H]3N)nnc2C(N)=O)c2ccn(C3CCC(O)CC3)c2c1. The molecule has 2 atom stereocenters. The first-order valence-electron chi connectivity index (χ1n) is 12.5. The minimum Gasteiger partial charge on any atom is -0.393 e. The Bertz CT molecular complexity index is 1220. The van der Waals surface area contributed by atoms with Crippen LogP contribution in [0.1, 0.15) is 73.5 Å². The van der Waals surface area contributed by atoms with Gasteiger partial charge < -0.3 is 31.8 Å². The second-order valence-corrected chi connectivity index (χ2v) is 9.95. The molecule has 2 aliphatic carbocycles. The van der Waals surface area contributed by atoms with Gasteiger partial charge in [0.25, 0.3) is 5.91 Å². The molecule has 35 heavy (non-hydrogen) atoms. The zero-order chi connectivity index (χ0) is 24.5. The minimum atomic E-state index is -0.698. The van der Waals surface area contributed by atoms with Gasteiger partial charge in [0.1, 0.15) is 0 Å². The standard InChI is InChI=1S/C25H34N8O2/c1-14-12-20(17-10-11-33(21(17)13-14)15-6-8-16(34)9-7-15)28-24-22(23(27)35)31-32-25(30-24)29-19-5-3-2-4-18(19)26/h10-13,15-16,18-19,34H,2-9,26H2,1H3,(H2,27,35)(H2,28,29,30,32)/t15?,16?,18-,19+/m0/s1. The maximum Gasteiger partial charge on any atom is 0.273 e. The summed E-state index contributed by atoms with van der Waals surface area (Å²) in [5.41, 5.74) is 14.8. The van der Waals surface area contributed by atoms with Crippen molar-refractivity contribution in [3.05, 3.63) is 35.7 Å². The van der Waals surface area contributed by atoms with Crippen LogP contribution >= 0.6 is 0 Å². The zero-order valence-corrected chi connectivity index (χ0v) is 20.1. The van der Waals surface area contributed by atoms with E-state index in [1.807, 2.05) is 13.0 Å². The van der Waals surface area contributed by atoms with Crippen LogP contribution in [0.15, 0.2) is 24.4 Å². The maximum absolute atomic E-state index is 12.1. The van der Waals surface area contributed by atoms with Gasteiger partial charge in [0.05, 0.1) is 11.6 Å². The van der Waals surface area contributed by atoms with E-state index in [2.05, 4.69) is 48.7 Å². The van der Waals surface area contributed by atoms with E-state index < -0.39 is 5.91 Å². The number of nitrogens with one attached hydrogen (secondary N) is 2. The molecule has 2 aliphatic rings. The number of primary amides is 1. The Labute approximate surface area is 204 Å². The Balaban J connectivity index is 1.47. The topological polar surface area (TPSA) is 157 Å². The van der Waals surface area contributed by atoms with Gasteiger partial charge in [0, 0.05) is 35.4 Å². The number of hydrogen-bond donors (Lipinski definition) is 5. The van der Waals surface area contributed by atoms with Gasteiger partial charge in [-0.2, -0.15) is 4.98 Å². The lowest BCUT2D eigenvalue weighted by Gasteiger charge is -2.29. The second-order valence-electron chi connectivity index (χ2n) is 9.95. The van der Waals surface area contributed by atoms with Crippen molar-refractivity contribution in [3.63, 3.8) is 0 Å². The van der Waals surface area contributed by atoms with Gasteiger partial charge in [0.15, 0.2) is 11.5 Å². The van der Waals surface area contributed by atoms with E-state index in [-0.39, 0.29) is 29.7 Å². The fourth-order valence-corrected chi connectivity index (χ4v) is 5.43. The lowest BCUT2D eigenvalue weighted by Crippen LogP contribution is -2.43. The average Bonchev–Trinajstić information content (AvgIpc) is 3.25. The predicted molar refractivity (Wildman–Crippen MR) is 136 cm³/mol. The van der Waals surface area contributed by atoms with Crippen molar-refractivity contribution in [1.29, 1.82) is 0 Å². The van der Waals surface area contributed by atoms with Crippen molar-refractivity contribution < 1.29 is 9.90 Å². The lowest BCUT2D eigenvalue weighted by molar-refractivity contribution is 0.0995. The number of aliphatic hydroxyl groups excluding tert-OH is 1. The number of aromatic nitrogens is 4. The number of amides is 1. The molecule has 0 spiro atoms. The first-order valence-corrected chi connectivity index (χ1v) is 12.5. The molecule has 0 saturated heterocycles. The van der Waals surface area contributed by atoms with Crippen LogP contribution < -0.4 is 22.1 Å². The highest BCUT2D eigenvalue weighted by molar-refractivity contribution is 5.99. The van der Waals surface area contributed by atoms with E-state index in [1.165, 1.54) is 0 Å². The van der Waals surface area contributed by atoms with Crippen LogP contribution in [0.3, 0.4) is 0 Å². The number of nitrogens with two attached hydrogens (primary N) is 2. The zero-order valence-electron chi connectivity index (χ0n) is 20.1. The first-order chi connectivity index (χ1) is 16.9. The number of benzene rings is 1. The molecule has 10 heteroatoms. The Morgan fingerprint density at radius 1 is 1.11 bits per heavy atom. The third-order valence-corrected chi connectivity index (χ3v) is 7.35. The normalized spacial score (nSPS) is 24.9. The number of rotatable bonds is 6. The van der Waals surface area contributed by atoms with Gasteiger partial charge in [-0.3, -0.25) is 4.79 Å². The van der Waals surface area contributed by atoms with E-state index in [0.29, 0.717) is 12.0 Å². The Morgan fingerprint density at radius 3 is 2.63 bits per heavy atom. The number of aryl methyl sites for hydroxylation is 1. The molecule has 186 valence electrons. The summed E-state index contributed by atoms with van der Waals surface area (Å²) in [6.07, 6.45) is 9.54. The third kappa shape index (κ3) is 4.94. The Hall–Kier alpha value is -3.24. The Morgan fingerprint density at radius 2 is 1.89 bits per heavy atom. The highest BCUT2D eigenvalue weighted by Gasteiger charge is 2.25. The molecule has 10 nitrogen and oxygen atoms in total. The molecule has 7 N–H and O–H groups in total. The molecule has 3 aromatic rings. The summed E-state index contributed by atoms with van der Waals surface area (Å²) in [6, 6.07) is 6.69. The van der Waals surface area contributed by atoms with Crippen LogP contribution in [0.25, 0.3) is 10.9 Å². The van der Waals surface area contributed by atoms with E-state index in [1.54, 1.807) is 0 Å². The molecule has 5 rings (SSSR count). The molecule has 0 unspecified atom stereocenters. The predicted octanol–water partition coefficient (Wildman–Crippen LogP) is 3.14. The van der Waals surface area contributed by atoms with Crippen molar-refractivity contribution in [2.45, 2.75) is 82.5 Å². The molecule has 0 aliphatic heterocycles. The summed E-state index contributed by atoms with van der Waals surface area (Å²) in [6.45, 7) is 2.04. The van der Waals surface area contributed by atoms with Crippen molar-refractivity contribution in [3.8, 4) is 0 Å². The molecule has 0 bridgehead atoms. The molecule has 1 amide bonds. The molecule has 2 aromatic heterocycles. The number of aliphatic hydroxyl groups is 1. The average molecular weight is 479 g/mol. The second kappa shape index (κ2) is 9.79. The van der Waals surface area contributed by atoms with Crippen molar-refractivity contribution >= 4 is 34.3 Å². The van der Waals surface area contributed by atoms with Crippen LogP contribution in [-0.2, 0) is 0 Å². The van der Waals surface area contributed by atoms with E-state index in [4.69, 9.17) is 11.5 Å². The fraction of sp³-hybridized carbons (Fsp3) is 0.520. The molecule has 2 fully saturated rings. The largest absolute Gasteiger partial charge is 0.393 e. The monoisotopic (exact) mass is 478 g/mol. The number of nitrogens with zero attached hydrogens (tertiary/aromatic N) is 4. The number of carbonyl (C=O) groups excluding carboxylic acids is 1. The number of hydrogen-bond acceptors (Lipinski definition) is 8. The highest BCUT2D eigenvalue weighted by atomic mass is 16.3. The molecule has 2 saturated carbocycles. The van der Waals surface area contributed by atoms with Gasteiger partial charge in [-0.05, 0) is 69.2 Å².